The van der Waals surface area contributed by atoms with Crippen LogP contribution in [-0.4, -0.2) is 55.6 Å². The Kier molecular flexibility index (Phi) is 6.07. The fraction of sp³-hybridized carbons (Fsp3) is 0.333. The lowest BCUT2D eigenvalue weighted by molar-refractivity contribution is -0.151. The molecular formula is C24H24N2O4. The smallest absolute Gasteiger partial charge is 0.348 e. The topological polar surface area (TPSA) is 68.2 Å². The molecule has 2 bridgehead atoms. The Morgan fingerprint density at radius 2 is 1.70 bits per heavy atom. The van der Waals surface area contributed by atoms with Gasteiger partial charge in [0.05, 0.1) is 18.4 Å². The Bertz CT molecular complexity index is 970. The molecule has 5 rings (SSSR count). The highest BCUT2D eigenvalue weighted by Gasteiger charge is 2.37. The van der Waals surface area contributed by atoms with Crippen molar-refractivity contribution in [3.63, 3.8) is 0 Å². The minimum Gasteiger partial charge on any atom is -0.465 e. The van der Waals surface area contributed by atoms with Crippen molar-refractivity contribution in [1.29, 1.82) is 0 Å². The minimum absolute atomic E-state index is 0.0835. The van der Waals surface area contributed by atoms with E-state index in [2.05, 4.69) is 15.8 Å². The molecule has 3 aliphatic heterocycles. The van der Waals surface area contributed by atoms with E-state index in [1.54, 1.807) is 24.3 Å². The molecule has 0 aromatic heterocycles. The number of nitrogens with zero attached hydrogens (tertiary/aromatic N) is 2. The number of carbonyl (C=O) groups excluding carboxylic acids is 2. The van der Waals surface area contributed by atoms with Gasteiger partial charge in [-0.25, -0.2) is 14.6 Å². The Balaban J connectivity index is 1.59. The number of esters is 2. The largest absolute Gasteiger partial charge is 0.465 e. The van der Waals surface area contributed by atoms with Gasteiger partial charge in [0, 0.05) is 12.4 Å². The van der Waals surface area contributed by atoms with Crippen molar-refractivity contribution in [2.75, 3.05) is 26.7 Å². The normalized spacial score (nSPS) is 22.0. The minimum atomic E-state index is -0.410. The average molecular weight is 404 g/mol. The predicted molar refractivity (Wildman–Crippen MR) is 114 cm³/mol. The number of ether oxygens (including phenoxy) is 2. The maximum atomic E-state index is 13.0. The molecule has 0 amide bonds. The standard InChI is InChI=1S/C24H24N2O4/c1-29-23(27)19-7-9-20(10-8-19)25-15-21(17-5-3-2-4-6-17)24(28)30-22-16-26-13-11-18(22)12-14-26/h2-10,18,22H,11-14,16H2,1H3/t22-/m0/s1. The van der Waals surface area contributed by atoms with Gasteiger partial charge in [-0.2, -0.15) is 0 Å². The second-order valence-corrected chi connectivity index (χ2v) is 7.58. The average Bonchev–Trinajstić information content (AvgIpc) is 2.80. The van der Waals surface area contributed by atoms with Crippen molar-refractivity contribution in [3.8, 4) is 0 Å². The lowest BCUT2D eigenvalue weighted by Crippen LogP contribution is -2.52. The highest BCUT2D eigenvalue weighted by Crippen LogP contribution is 2.30. The van der Waals surface area contributed by atoms with E-state index in [4.69, 9.17) is 9.47 Å². The summed E-state index contributed by atoms with van der Waals surface area (Å²) < 4.78 is 10.6. The van der Waals surface area contributed by atoms with Gasteiger partial charge in [-0.3, -0.25) is 4.90 Å². The number of benzene rings is 2. The molecule has 154 valence electrons. The Morgan fingerprint density at radius 1 is 1.00 bits per heavy atom. The lowest BCUT2D eigenvalue weighted by atomic mass is 9.86. The van der Waals surface area contributed by atoms with Crippen LogP contribution in [0.4, 0.5) is 5.69 Å². The number of hydrogen-bond donors (Lipinski definition) is 0. The predicted octanol–water partition coefficient (Wildman–Crippen LogP) is 3.50. The molecule has 0 radical (unpaired) electrons. The molecule has 6 heteroatoms. The van der Waals surface area contributed by atoms with Gasteiger partial charge in [-0.15, -0.1) is 0 Å². The van der Waals surface area contributed by atoms with Gasteiger partial charge in [0.25, 0.3) is 0 Å². The van der Waals surface area contributed by atoms with Crippen LogP contribution in [0.5, 0.6) is 0 Å². The summed E-state index contributed by atoms with van der Waals surface area (Å²) >= 11 is 0. The van der Waals surface area contributed by atoms with Crippen LogP contribution in [0.1, 0.15) is 28.8 Å². The van der Waals surface area contributed by atoms with Gasteiger partial charge in [-0.05, 0) is 61.7 Å². The summed E-state index contributed by atoms with van der Waals surface area (Å²) in [6.07, 6.45) is 2.06. The fourth-order valence-electron chi connectivity index (χ4n) is 3.98. The van der Waals surface area contributed by atoms with Crippen molar-refractivity contribution in [2.45, 2.75) is 18.9 Å². The van der Waals surface area contributed by atoms with Crippen molar-refractivity contribution >= 4 is 29.1 Å². The molecule has 6 nitrogen and oxygen atoms in total. The second kappa shape index (κ2) is 9.08. The third-order valence-corrected chi connectivity index (χ3v) is 5.71. The Hall–Kier alpha value is -3.21. The highest BCUT2D eigenvalue weighted by molar-refractivity contribution is 6.26. The summed E-state index contributed by atoms with van der Waals surface area (Å²) in [4.78, 5) is 31.3. The lowest BCUT2D eigenvalue weighted by Gasteiger charge is -2.43. The summed E-state index contributed by atoms with van der Waals surface area (Å²) in [5.74, 6) is 2.50. The third kappa shape index (κ3) is 4.51. The molecule has 30 heavy (non-hydrogen) atoms. The van der Waals surface area contributed by atoms with Gasteiger partial charge >= 0.3 is 11.9 Å². The number of methoxy groups -OCH3 is 1. The molecular weight excluding hydrogens is 380 g/mol. The molecule has 0 unspecified atom stereocenters. The first kappa shape index (κ1) is 20.1. The van der Waals surface area contributed by atoms with Crippen molar-refractivity contribution in [3.05, 3.63) is 65.7 Å². The second-order valence-electron chi connectivity index (χ2n) is 7.58. The summed E-state index contributed by atoms with van der Waals surface area (Å²) in [6.45, 7) is 2.97. The molecule has 0 spiro atoms. The van der Waals surface area contributed by atoms with Crippen LogP contribution in [0.3, 0.4) is 0 Å². The van der Waals surface area contributed by atoms with E-state index in [-0.39, 0.29) is 6.10 Å². The number of aliphatic imine (C=N–C) groups is 1. The van der Waals surface area contributed by atoms with Crippen LogP contribution < -0.4 is 0 Å². The van der Waals surface area contributed by atoms with Crippen LogP contribution >= 0.6 is 0 Å². The summed E-state index contributed by atoms with van der Waals surface area (Å²) in [5, 5.41) is 0. The quantitative estimate of drug-likeness (QED) is 0.433. The number of hydrogen-bond acceptors (Lipinski definition) is 6. The van der Waals surface area contributed by atoms with Crippen LogP contribution in [0.25, 0.3) is 5.57 Å². The molecule has 3 aliphatic rings. The molecule has 3 saturated heterocycles. The van der Waals surface area contributed by atoms with E-state index < -0.39 is 11.9 Å². The molecule has 0 saturated carbocycles. The van der Waals surface area contributed by atoms with Gasteiger partial charge in [-0.1, -0.05) is 30.3 Å². The van der Waals surface area contributed by atoms with E-state index in [0.29, 0.717) is 28.3 Å². The first-order chi connectivity index (χ1) is 14.6. The van der Waals surface area contributed by atoms with E-state index in [0.717, 1.165) is 32.5 Å². The maximum absolute atomic E-state index is 13.0. The Labute approximate surface area is 175 Å². The van der Waals surface area contributed by atoms with Crippen LogP contribution in [-0.2, 0) is 14.3 Å². The van der Waals surface area contributed by atoms with Crippen LogP contribution in [0, 0.1) is 5.92 Å². The van der Waals surface area contributed by atoms with E-state index in [1.807, 2.05) is 30.3 Å². The first-order valence-corrected chi connectivity index (χ1v) is 10.1. The number of fused-ring (bicyclic) bond motifs is 3. The van der Waals surface area contributed by atoms with Crippen LogP contribution in [0.2, 0.25) is 0 Å². The third-order valence-electron chi connectivity index (χ3n) is 5.71. The number of rotatable bonds is 5. The zero-order valence-electron chi connectivity index (χ0n) is 16.9. The summed E-state index contributed by atoms with van der Waals surface area (Å²) in [7, 11) is 1.34. The van der Waals surface area contributed by atoms with Crippen molar-refractivity contribution in [1.82, 2.24) is 4.90 Å². The molecule has 2 aromatic rings. The van der Waals surface area contributed by atoms with E-state index >= 15 is 0 Å². The number of carbonyl (C=O) groups is 2. The van der Waals surface area contributed by atoms with Gasteiger partial charge in [0.15, 0.2) is 0 Å². The molecule has 2 aromatic carbocycles. The van der Waals surface area contributed by atoms with E-state index in [1.165, 1.54) is 7.11 Å². The Morgan fingerprint density at radius 3 is 2.30 bits per heavy atom. The first-order valence-electron chi connectivity index (χ1n) is 10.1. The fourth-order valence-corrected chi connectivity index (χ4v) is 3.98. The molecule has 1 atom stereocenters. The van der Waals surface area contributed by atoms with Crippen molar-refractivity contribution < 1.29 is 19.1 Å². The zero-order valence-corrected chi connectivity index (χ0v) is 16.9. The van der Waals surface area contributed by atoms with Crippen LogP contribution in [0.15, 0.2) is 59.6 Å². The maximum Gasteiger partial charge on any atom is 0.348 e. The molecule has 0 aliphatic carbocycles. The monoisotopic (exact) mass is 404 g/mol. The van der Waals surface area contributed by atoms with E-state index in [9.17, 15) is 9.59 Å². The van der Waals surface area contributed by atoms with Gasteiger partial charge in [0.2, 0.25) is 0 Å². The van der Waals surface area contributed by atoms with Crippen molar-refractivity contribution in [2.24, 2.45) is 10.9 Å². The zero-order chi connectivity index (χ0) is 20.9. The summed E-state index contributed by atoms with van der Waals surface area (Å²) in [5.41, 5.74) is 2.01. The molecule has 0 N–H and O–H groups in total. The molecule has 3 heterocycles. The van der Waals surface area contributed by atoms with Gasteiger partial charge in [0.1, 0.15) is 11.7 Å². The highest BCUT2D eigenvalue weighted by atomic mass is 16.5. The molecule has 3 fully saturated rings. The SMILES string of the molecule is COC(=O)c1ccc(N=C=C(C(=O)O[C@H]2CN3CCC2CC3)c2ccccc2)cc1. The summed E-state index contributed by atoms with van der Waals surface area (Å²) in [6, 6.07) is 15.9. The number of piperidine rings is 3. The van der Waals surface area contributed by atoms with Gasteiger partial charge < -0.3 is 9.47 Å².